The lowest BCUT2D eigenvalue weighted by atomic mass is 10.1. The van der Waals surface area contributed by atoms with Gasteiger partial charge in [0.25, 0.3) is 5.91 Å². The molecule has 1 atom stereocenters. The van der Waals surface area contributed by atoms with Crippen LogP contribution in [0.5, 0.6) is 5.75 Å². The smallest absolute Gasteiger partial charge is 0.387 e. The summed E-state index contributed by atoms with van der Waals surface area (Å²) in [5, 5.41) is 6.70. The molecule has 2 heterocycles. The summed E-state index contributed by atoms with van der Waals surface area (Å²) in [7, 11) is 0. The van der Waals surface area contributed by atoms with E-state index in [1.807, 2.05) is 0 Å². The molecule has 3 rings (SSSR count). The fraction of sp³-hybridized carbons (Fsp3) is 0.375. The summed E-state index contributed by atoms with van der Waals surface area (Å²) >= 11 is 0. The summed E-state index contributed by atoms with van der Waals surface area (Å²) in [6.07, 6.45) is 2.33. The second-order valence-corrected chi connectivity index (χ2v) is 5.71. The molecule has 2 aromatic rings. The SMILES string of the molecule is NCC1CCN(C(=O)c2cn[nH]c2-c2cccc(OC(F)F)c2)C1. The molecular weight excluding hydrogens is 318 g/mol. The van der Waals surface area contributed by atoms with Crippen LogP contribution in [-0.4, -0.2) is 47.3 Å². The van der Waals surface area contributed by atoms with Crippen LogP contribution in [0.25, 0.3) is 11.3 Å². The molecule has 1 saturated heterocycles. The molecule has 1 unspecified atom stereocenters. The summed E-state index contributed by atoms with van der Waals surface area (Å²) in [5.74, 6) is 0.196. The number of nitrogens with two attached hydrogens (primary N) is 1. The van der Waals surface area contributed by atoms with Crippen molar-refractivity contribution < 1.29 is 18.3 Å². The van der Waals surface area contributed by atoms with E-state index in [9.17, 15) is 13.6 Å². The average molecular weight is 336 g/mol. The number of H-pyrrole nitrogens is 1. The summed E-state index contributed by atoms with van der Waals surface area (Å²) in [5.41, 5.74) is 7.11. The molecule has 0 saturated carbocycles. The fourth-order valence-corrected chi connectivity index (χ4v) is 2.88. The molecule has 128 valence electrons. The standard InChI is InChI=1S/C16H18F2N4O2/c17-16(18)24-12-3-1-2-11(6-12)14-13(8-20-21-14)15(23)22-5-4-10(7-19)9-22/h1-3,6,8,10,16H,4-5,7,9,19H2,(H,20,21). The largest absolute Gasteiger partial charge is 0.435 e. The van der Waals surface area contributed by atoms with E-state index in [1.54, 1.807) is 17.0 Å². The van der Waals surface area contributed by atoms with Gasteiger partial charge in [-0.1, -0.05) is 12.1 Å². The molecule has 0 aliphatic carbocycles. The highest BCUT2D eigenvalue weighted by Crippen LogP contribution is 2.28. The van der Waals surface area contributed by atoms with Gasteiger partial charge in [-0.25, -0.2) is 0 Å². The first kappa shape index (κ1) is 16.4. The molecule has 1 aliphatic heterocycles. The molecular formula is C16H18F2N4O2. The number of likely N-dealkylation sites (tertiary alicyclic amines) is 1. The maximum absolute atomic E-state index is 12.7. The monoisotopic (exact) mass is 336 g/mol. The number of aromatic amines is 1. The second-order valence-electron chi connectivity index (χ2n) is 5.71. The second kappa shape index (κ2) is 6.96. The Kier molecular flexibility index (Phi) is 4.75. The van der Waals surface area contributed by atoms with Crippen LogP contribution in [0.4, 0.5) is 8.78 Å². The Morgan fingerprint density at radius 2 is 2.33 bits per heavy atom. The van der Waals surface area contributed by atoms with Crippen LogP contribution in [-0.2, 0) is 0 Å². The van der Waals surface area contributed by atoms with E-state index < -0.39 is 6.61 Å². The number of ether oxygens (including phenoxy) is 1. The number of carbonyl (C=O) groups excluding carboxylic acids is 1. The topological polar surface area (TPSA) is 84.2 Å². The number of nitrogens with zero attached hydrogens (tertiary/aromatic N) is 2. The Balaban J connectivity index is 1.84. The maximum atomic E-state index is 12.7. The third kappa shape index (κ3) is 3.38. The zero-order valence-electron chi connectivity index (χ0n) is 12.9. The van der Waals surface area contributed by atoms with Crippen LogP contribution in [0.3, 0.4) is 0 Å². The summed E-state index contributed by atoms with van der Waals surface area (Å²) in [6, 6.07) is 6.17. The number of hydrogen-bond acceptors (Lipinski definition) is 4. The predicted molar refractivity (Wildman–Crippen MR) is 83.7 cm³/mol. The van der Waals surface area contributed by atoms with Gasteiger partial charge in [0.2, 0.25) is 0 Å². The Bertz CT molecular complexity index is 720. The van der Waals surface area contributed by atoms with Gasteiger partial charge in [0, 0.05) is 18.7 Å². The van der Waals surface area contributed by atoms with Crippen molar-refractivity contribution in [3.8, 4) is 17.0 Å². The van der Waals surface area contributed by atoms with Gasteiger partial charge in [-0.3, -0.25) is 9.89 Å². The molecule has 1 fully saturated rings. The normalized spacial score (nSPS) is 17.5. The number of benzene rings is 1. The van der Waals surface area contributed by atoms with Crippen molar-refractivity contribution in [1.29, 1.82) is 0 Å². The van der Waals surface area contributed by atoms with Gasteiger partial charge in [0.05, 0.1) is 17.5 Å². The number of carbonyl (C=O) groups is 1. The number of nitrogens with one attached hydrogen (secondary N) is 1. The predicted octanol–water partition coefficient (Wildman–Crippen LogP) is 2.10. The first-order chi connectivity index (χ1) is 11.6. The molecule has 8 heteroatoms. The summed E-state index contributed by atoms with van der Waals surface area (Å²) in [6.45, 7) is -1.08. The van der Waals surface area contributed by atoms with E-state index in [2.05, 4.69) is 14.9 Å². The lowest BCUT2D eigenvalue weighted by Gasteiger charge is -2.16. The van der Waals surface area contributed by atoms with Crippen LogP contribution in [0.2, 0.25) is 0 Å². The molecule has 24 heavy (non-hydrogen) atoms. The molecule has 1 amide bonds. The maximum Gasteiger partial charge on any atom is 0.387 e. The number of hydrogen-bond donors (Lipinski definition) is 2. The molecule has 1 aromatic carbocycles. The van der Waals surface area contributed by atoms with Crippen molar-refractivity contribution in [1.82, 2.24) is 15.1 Å². The Labute approximate surface area is 137 Å². The number of halogens is 2. The van der Waals surface area contributed by atoms with Gasteiger partial charge in [0.15, 0.2) is 0 Å². The lowest BCUT2D eigenvalue weighted by molar-refractivity contribution is -0.0498. The highest BCUT2D eigenvalue weighted by Gasteiger charge is 2.28. The fourth-order valence-electron chi connectivity index (χ4n) is 2.88. The Morgan fingerprint density at radius 3 is 3.04 bits per heavy atom. The van der Waals surface area contributed by atoms with Gasteiger partial charge >= 0.3 is 6.61 Å². The van der Waals surface area contributed by atoms with E-state index in [0.717, 1.165) is 6.42 Å². The Hall–Kier alpha value is -2.48. The third-order valence-corrected chi connectivity index (χ3v) is 4.12. The molecule has 0 spiro atoms. The minimum absolute atomic E-state index is 0.0277. The molecule has 6 nitrogen and oxygen atoms in total. The van der Waals surface area contributed by atoms with E-state index in [1.165, 1.54) is 18.3 Å². The minimum Gasteiger partial charge on any atom is -0.435 e. The van der Waals surface area contributed by atoms with Crippen LogP contribution in [0, 0.1) is 5.92 Å². The van der Waals surface area contributed by atoms with Crippen LogP contribution >= 0.6 is 0 Å². The highest BCUT2D eigenvalue weighted by atomic mass is 19.3. The molecule has 1 aromatic heterocycles. The van der Waals surface area contributed by atoms with Crippen LogP contribution in [0.1, 0.15) is 16.8 Å². The first-order valence-corrected chi connectivity index (χ1v) is 7.66. The molecule has 0 radical (unpaired) electrons. The number of alkyl halides is 2. The molecule has 3 N–H and O–H groups in total. The highest BCUT2D eigenvalue weighted by molar-refractivity contribution is 6.00. The zero-order valence-corrected chi connectivity index (χ0v) is 12.9. The van der Waals surface area contributed by atoms with Gasteiger partial charge < -0.3 is 15.4 Å². The van der Waals surface area contributed by atoms with Crippen LogP contribution in [0.15, 0.2) is 30.5 Å². The summed E-state index contributed by atoms with van der Waals surface area (Å²) < 4.78 is 29.1. The van der Waals surface area contributed by atoms with E-state index >= 15 is 0 Å². The molecule has 0 bridgehead atoms. The van der Waals surface area contributed by atoms with Gasteiger partial charge in [-0.05, 0) is 31.0 Å². The summed E-state index contributed by atoms with van der Waals surface area (Å²) in [4.78, 5) is 14.4. The van der Waals surface area contributed by atoms with Crippen molar-refractivity contribution in [2.45, 2.75) is 13.0 Å². The zero-order chi connectivity index (χ0) is 17.1. The van der Waals surface area contributed by atoms with E-state index in [0.29, 0.717) is 42.4 Å². The van der Waals surface area contributed by atoms with Crippen molar-refractivity contribution >= 4 is 5.91 Å². The van der Waals surface area contributed by atoms with Crippen molar-refractivity contribution in [2.75, 3.05) is 19.6 Å². The quantitative estimate of drug-likeness (QED) is 0.876. The lowest BCUT2D eigenvalue weighted by Crippen LogP contribution is -2.30. The first-order valence-electron chi connectivity index (χ1n) is 7.66. The number of aromatic nitrogens is 2. The van der Waals surface area contributed by atoms with Crippen molar-refractivity contribution in [3.63, 3.8) is 0 Å². The minimum atomic E-state index is -2.90. The van der Waals surface area contributed by atoms with Gasteiger partial charge in [0.1, 0.15) is 5.75 Å². The van der Waals surface area contributed by atoms with Gasteiger partial charge in [-0.2, -0.15) is 13.9 Å². The van der Waals surface area contributed by atoms with Crippen molar-refractivity contribution in [3.05, 3.63) is 36.0 Å². The Morgan fingerprint density at radius 1 is 1.50 bits per heavy atom. The average Bonchev–Trinajstić information content (AvgIpc) is 3.23. The van der Waals surface area contributed by atoms with E-state index in [4.69, 9.17) is 5.73 Å². The number of rotatable bonds is 5. The van der Waals surface area contributed by atoms with Gasteiger partial charge in [-0.15, -0.1) is 0 Å². The van der Waals surface area contributed by atoms with Crippen LogP contribution < -0.4 is 10.5 Å². The number of amides is 1. The van der Waals surface area contributed by atoms with Crippen molar-refractivity contribution in [2.24, 2.45) is 11.7 Å². The molecule has 1 aliphatic rings. The third-order valence-electron chi connectivity index (χ3n) is 4.12. The van der Waals surface area contributed by atoms with E-state index in [-0.39, 0.29) is 11.7 Å².